The highest BCUT2D eigenvalue weighted by molar-refractivity contribution is 6.30. The minimum absolute atomic E-state index is 0.0309. The van der Waals surface area contributed by atoms with Crippen molar-refractivity contribution < 1.29 is 9.53 Å². The lowest BCUT2D eigenvalue weighted by Crippen LogP contribution is -2.20. The van der Waals surface area contributed by atoms with Crippen LogP contribution in [0, 0.1) is 6.92 Å². The zero-order valence-corrected chi connectivity index (χ0v) is 14.3. The lowest BCUT2D eigenvalue weighted by Gasteiger charge is -2.21. The summed E-state index contributed by atoms with van der Waals surface area (Å²) in [6.07, 6.45) is -0.0382. The first-order valence-electron chi connectivity index (χ1n) is 7.05. The molecule has 0 aliphatic carbocycles. The first-order chi connectivity index (χ1) is 10.8. The quantitative estimate of drug-likeness (QED) is 0.653. The molecule has 2 rings (SSSR count). The van der Waals surface area contributed by atoms with Crippen molar-refractivity contribution in [2.75, 3.05) is 24.3 Å². The van der Waals surface area contributed by atoms with E-state index in [0.717, 1.165) is 11.5 Å². The van der Waals surface area contributed by atoms with Crippen molar-refractivity contribution in [3.63, 3.8) is 0 Å². The number of carbonyl (C=O) groups excluding carboxylic acids is 1. The lowest BCUT2D eigenvalue weighted by molar-refractivity contribution is -0.142. The Labute approximate surface area is 139 Å². The summed E-state index contributed by atoms with van der Waals surface area (Å²) in [6, 6.07) is 1.89. The fourth-order valence-corrected chi connectivity index (χ4v) is 2.50. The van der Waals surface area contributed by atoms with Gasteiger partial charge in [0.2, 0.25) is 5.95 Å². The van der Waals surface area contributed by atoms with Crippen LogP contribution in [-0.4, -0.2) is 39.4 Å². The summed E-state index contributed by atoms with van der Waals surface area (Å²) >= 11 is 6.17. The molecule has 0 radical (unpaired) electrons. The molecule has 0 unspecified atom stereocenters. The summed E-state index contributed by atoms with van der Waals surface area (Å²) in [5.41, 5.74) is 7.02. The number of carbonyl (C=O) groups is 1. The molecule has 9 heteroatoms. The topological polar surface area (TPSA) is 99.2 Å². The van der Waals surface area contributed by atoms with Crippen LogP contribution in [0.3, 0.4) is 0 Å². The van der Waals surface area contributed by atoms with Crippen LogP contribution in [0.15, 0.2) is 6.07 Å². The standard InChI is InChI=1S/C14H19ClN6O2/c1-5-23-11(22)7-9-12(15)17-14(16)18-13(9)20(3)10-6-8(2)19-21(10)4/h6H,5,7H2,1-4H3,(H2,16,17,18). The van der Waals surface area contributed by atoms with Gasteiger partial charge in [-0.3, -0.25) is 9.48 Å². The zero-order chi connectivity index (χ0) is 17.1. The number of nitrogen functional groups attached to an aromatic ring is 1. The second kappa shape index (κ2) is 6.82. The monoisotopic (exact) mass is 338 g/mol. The van der Waals surface area contributed by atoms with Gasteiger partial charge >= 0.3 is 5.97 Å². The molecule has 23 heavy (non-hydrogen) atoms. The first kappa shape index (κ1) is 17.0. The van der Waals surface area contributed by atoms with Gasteiger partial charge in [0, 0.05) is 25.7 Å². The van der Waals surface area contributed by atoms with Gasteiger partial charge in [-0.25, -0.2) is 4.98 Å². The van der Waals surface area contributed by atoms with Crippen LogP contribution in [0.5, 0.6) is 0 Å². The van der Waals surface area contributed by atoms with Crippen LogP contribution in [0.2, 0.25) is 5.15 Å². The van der Waals surface area contributed by atoms with Gasteiger partial charge in [-0.15, -0.1) is 0 Å². The van der Waals surface area contributed by atoms with Crippen molar-refractivity contribution in [1.82, 2.24) is 19.7 Å². The van der Waals surface area contributed by atoms with E-state index in [1.54, 1.807) is 23.6 Å². The second-order valence-electron chi connectivity index (χ2n) is 4.98. The second-order valence-corrected chi connectivity index (χ2v) is 5.34. The lowest BCUT2D eigenvalue weighted by atomic mass is 10.2. The molecule has 2 N–H and O–H groups in total. The summed E-state index contributed by atoms with van der Waals surface area (Å²) in [5, 5.41) is 4.43. The maximum atomic E-state index is 11.8. The van der Waals surface area contributed by atoms with Crippen LogP contribution in [0.1, 0.15) is 18.2 Å². The fraction of sp³-hybridized carbons (Fsp3) is 0.429. The summed E-state index contributed by atoms with van der Waals surface area (Å²) in [7, 11) is 3.61. The molecular weight excluding hydrogens is 320 g/mol. The third kappa shape index (κ3) is 3.70. The predicted octanol–water partition coefficient (Wildman–Crippen LogP) is 1.63. The molecule has 0 spiro atoms. The molecule has 2 aromatic heterocycles. The third-order valence-electron chi connectivity index (χ3n) is 3.22. The number of esters is 1. The van der Waals surface area contributed by atoms with E-state index in [1.807, 2.05) is 20.0 Å². The SMILES string of the molecule is CCOC(=O)Cc1c(Cl)nc(N)nc1N(C)c1cc(C)nn1C. The van der Waals surface area contributed by atoms with Crippen molar-refractivity contribution in [3.05, 3.63) is 22.5 Å². The molecule has 2 aromatic rings. The van der Waals surface area contributed by atoms with Gasteiger partial charge in [-0.2, -0.15) is 10.1 Å². The predicted molar refractivity (Wildman–Crippen MR) is 87.8 cm³/mol. The van der Waals surface area contributed by atoms with E-state index in [0.29, 0.717) is 18.0 Å². The number of nitrogens with two attached hydrogens (primary N) is 1. The smallest absolute Gasteiger partial charge is 0.310 e. The average Bonchev–Trinajstić information content (AvgIpc) is 2.80. The Bertz CT molecular complexity index is 730. The minimum Gasteiger partial charge on any atom is -0.466 e. The number of rotatable bonds is 5. The molecule has 0 aromatic carbocycles. The van der Waals surface area contributed by atoms with Crippen LogP contribution in [-0.2, 0) is 23.0 Å². The van der Waals surface area contributed by atoms with Crippen molar-refractivity contribution in [2.24, 2.45) is 7.05 Å². The minimum atomic E-state index is -0.404. The van der Waals surface area contributed by atoms with Gasteiger partial charge in [0.25, 0.3) is 0 Å². The number of hydrogen-bond acceptors (Lipinski definition) is 7. The molecule has 0 aliphatic rings. The normalized spacial score (nSPS) is 10.7. The highest BCUT2D eigenvalue weighted by Gasteiger charge is 2.21. The summed E-state index contributed by atoms with van der Waals surface area (Å²) in [4.78, 5) is 21.8. The average molecular weight is 339 g/mol. The van der Waals surface area contributed by atoms with E-state index in [1.165, 1.54) is 0 Å². The number of aromatic nitrogens is 4. The molecule has 0 saturated heterocycles. The number of nitrogens with zero attached hydrogens (tertiary/aromatic N) is 5. The largest absolute Gasteiger partial charge is 0.466 e. The van der Waals surface area contributed by atoms with Gasteiger partial charge in [0.1, 0.15) is 16.8 Å². The van der Waals surface area contributed by atoms with E-state index in [4.69, 9.17) is 22.1 Å². The van der Waals surface area contributed by atoms with Crippen LogP contribution in [0.4, 0.5) is 17.6 Å². The Balaban J connectivity index is 2.47. The summed E-state index contributed by atoms with van der Waals surface area (Å²) < 4.78 is 6.68. The van der Waals surface area contributed by atoms with Crippen molar-refractivity contribution in [1.29, 1.82) is 0 Å². The molecule has 0 fully saturated rings. The molecule has 0 bridgehead atoms. The third-order valence-corrected chi connectivity index (χ3v) is 3.53. The number of ether oxygens (including phenoxy) is 1. The number of halogens is 1. The number of hydrogen-bond donors (Lipinski definition) is 1. The fourth-order valence-electron chi connectivity index (χ4n) is 2.27. The molecule has 124 valence electrons. The Hall–Kier alpha value is -2.35. The van der Waals surface area contributed by atoms with E-state index >= 15 is 0 Å². The Morgan fingerprint density at radius 2 is 2.17 bits per heavy atom. The van der Waals surface area contributed by atoms with Gasteiger partial charge in [0.15, 0.2) is 0 Å². The van der Waals surface area contributed by atoms with E-state index < -0.39 is 5.97 Å². The van der Waals surface area contributed by atoms with E-state index in [9.17, 15) is 4.79 Å². The molecular formula is C14H19ClN6O2. The maximum absolute atomic E-state index is 11.8. The van der Waals surface area contributed by atoms with Crippen molar-refractivity contribution in [3.8, 4) is 0 Å². The van der Waals surface area contributed by atoms with Crippen LogP contribution >= 0.6 is 11.6 Å². The molecule has 0 saturated carbocycles. The van der Waals surface area contributed by atoms with Crippen LogP contribution in [0.25, 0.3) is 0 Å². The molecule has 0 atom stereocenters. The van der Waals surface area contributed by atoms with Gasteiger partial charge in [0.05, 0.1) is 18.7 Å². The van der Waals surface area contributed by atoms with Crippen molar-refractivity contribution >= 4 is 35.2 Å². The Morgan fingerprint density at radius 3 is 2.74 bits per heavy atom. The highest BCUT2D eigenvalue weighted by atomic mass is 35.5. The molecule has 8 nitrogen and oxygen atoms in total. The van der Waals surface area contributed by atoms with E-state index in [2.05, 4.69) is 15.1 Å². The summed E-state index contributed by atoms with van der Waals surface area (Å²) in [5.74, 6) is 0.849. The highest BCUT2D eigenvalue weighted by Crippen LogP contribution is 2.30. The van der Waals surface area contributed by atoms with Crippen LogP contribution < -0.4 is 10.6 Å². The molecule has 0 amide bonds. The van der Waals surface area contributed by atoms with E-state index in [-0.39, 0.29) is 17.5 Å². The zero-order valence-electron chi connectivity index (χ0n) is 13.5. The number of anilines is 3. The van der Waals surface area contributed by atoms with Gasteiger partial charge in [-0.05, 0) is 13.8 Å². The maximum Gasteiger partial charge on any atom is 0.310 e. The number of aryl methyl sites for hydroxylation is 2. The van der Waals surface area contributed by atoms with Crippen molar-refractivity contribution in [2.45, 2.75) is 20.3 Å². The Morgan fingerprint density at radius 1 is 1.48 bits per heavy atom. The first-order valence-corrected chi connectivity index (χ1v) is 7.43. The summed E-state index contributed by atoms with van der Waals surface area (Å²) in [6.45, 7) is 3.92. The van der Waals surface area contributed by atoms with Gasteiger partial charge in [-0.1, -0.05) is 11.6 Å². The molecule has 0 aliphatic heterocycles. The molecule has 2 heterocycles. The Kier molecular flexibility index (Phi) is 5.05. The van der Waals surface area contributed by atoms with Gasteiger partial charge < -0.3 is 15.4 Å².